The van der Waals surface area contributed by atoms with Gasteiger partial charge in [-0.2, -0.15) is 0 Å². The lowest BCUT2D eigenvalue weighted by molar-refractivity contribution is -0.127. The summed E-state index contributed by atoms with van der Waals surface area (Å²) in [6.45, 7) is 5.45. The molecule has 0 saturated carbocycles. The molecule has 0 aliphatic rings. The monoisotopic (exact) mass is 529 g/mol. The highest BCUT2D eigenvalue weighted by atomic mass is 79.9. The van der Waals surface area contributed by atoms with Crippen molar-refractivity contribution in [3.8, 4) is 11.5 Å². The predicted octanol–water partition coefficient (Wildman–Crippen LogP) is 4.49. The Labute approximate surface area is 205 Å². The minimum Gasteiger partial charge on any atom is -0.490 e. The van der Waals surface area contributed by atoms with Gasteiger partial charge in [0.2, 0.25) is 0 Å². The molecular formula is C24H24BrN3O4S. The lowest BCUT2D eigenvalue weighted by Crippen LogP contribution is -2.51. The van der Waals surface area contributed by atoms with Crippen molar-refractivity contribution >= 4 is 55.8 Å². The quantitative estimate of drug-likeness (QED) is 0.322. The Kier molecular flexibility index (Phi) is 8.24. The molecule has 2 amide bonds. The number of carbonyl (C=O) groups is 2. The van der Waals surface area contributed by atoms with Crippen LogP contribution in [-0.4, -0.2) is 29.1 Å². The first kappa shape index (κ1) is 24.5. The molecular weight excluding hydrogens is 506 g/mol. The van der Waals surface area contributed by atoms with Crippen LogP contribution in [0.1, 0.15) is 31.1 Å². The van der Waals surface area contributed by atoms with Gasteiger partial charge in [0.25, 0.3) is 11.8 Å². The van der Waals surface area contributed by atoms with Gasteiger partial charge in [-0.1, -0.05) is 30.3 Å². The predicted molar refractivity (Wildman–Crippen MR) is 135 cm³/mol. The first-order valence-electron chi connectivity index (χ1n) is 10.3. The third-order valence-electron chi connectivity index (χ3n) is 4.49. The van der Waals surface area contributed by atoms with Crippen molar-refractivity contribution in [3.63, 3.8) is 0 Å². The second-order valence-corrected chi connectivity index (χ2v) is 8.74. The molecule has 0 aliphatic carbocycles. The van der Waals surface area contributed by atoms with E-state index >= 15 is 0 Å². The number of carbonyl (C=O) groups excluding carboxylic acids is 2. The Bertz CT molecular complexity index is 1190. The van der Waals surface area contributed by atoms with Gasteiger partial charge < -0.3 is 9.47 Å². The molecule has 3 aromatic rings. The van der Waals surface area contributed by atoms with Gasteiger partial charge in [0.1, 0.15) is 11.5 Å². The molecule has 0 radical (unpaired) electrons. The van der Waals surface area contributed by atoms with Crippen LogP contribution in [0.5, 0.6) is 11.5 Å². The Morgan fingerprint density at radius 3 is 2.33 bits per heavy atom. The second-order valence-electron chi connectivity index (χ2n) is 7.48. The van der Waals surface area contributed by atoms with E-state index in [-0.39, 0.29) is 11.2 Å². The van der Waals surface area contributed by atoms with Crippen LogP contribution < -0.4 is 25.6 Å². The van der Waals surface area contributed by atoms with Gasteiger partial charge in [-0.15, -0.1) is 0 Å². The van der Waals surface area contributed by atoms with Crippen LogP contribution in [0.25, 0.3) is 10.8 Å². The molecule has 0 heterocycles. The molecule has 7 nitrogen and oxygen atoms in total. The van der Waals surface area contributed by atoms with Crippen LogP contribution in [0.4, 0.5) is 0 Å². The van der Waals surface area contributed by atoms with E-state index in [1.165, 1.54) is 0 Å². The maximum atomic E-state index is 12.4. The van der Waals surface area contributed by atoms with E-state index in [1.807, 2.05) is 50.2 Å². The molecule has 0 bridgehead atoms. The molecule has 3 rings (SSSR count). The van der Waals surface area contributed by atoms with Crippen LogP contribution in [-0.2, 0) is 4.79 Å². The van der Waals surface area contributed by atoms with Gasteiger partial charge in [-0.3, -0.25) is 25.8 Å². The van der Waals surface area contributed by atoms with Crippen LogP contribution in [0.3, 0.4) is 0 Å². The van der Waals surface area contributed by atoms with Crippen molar-refractivity contribution in [1.29, 1.82) is 0 Å². The number of hydrazine groups is 1. The van der Waals surface area contributed by atoms with Gasteiger partial charge in [0.15, 0.2) is 11.2 Å². The summed E-state index contributed by atoms with van der Waals surface area (Å²) in [7, 11) is 0. The molecule has 0 spiro atoms. The van der Waals surface area contributed by atoms with Crippen LogP contribution in [0, 0.1) is 0 Å². The molecule has 0 aliphatic heterocycles. The molecule has 9 heteroatoms. The highest BCUT2D eigenvalue weighted by Crippen LogP contribution is 2.27. The summed E-state index contributed by atoms with van der Waals surface area (Å²) in [6, 6.07) is 18.4. The van der Waals surface area contributed by atoms with Crippen LogP contribution in [0.15, 0.2) is 65.1 Å². The summed E-state index contributed by atoms with van der Waals surface area (Å²) < 4.78 is 12.0. The average Bonchev–Trinajstić information content (AvgIpc) is 2.78. The van der Waals surface area contributed by atoms with Crippen LogP contribution in [0.2, 0.25) is 0 Å². The van der Waals surface area contributed by atoms with Gasteiger partial charge in [0, 0.05) is 5.56 Å². The summed E-state index contributed by atoms with van der Waals surface area (Å²) in [5, 5.41) is 4.56. The summed E-state index contributed by atoms with van der Waals surface area (Å²) in [6.07, 6.45) is -0.782. The van der Waals surface area contributed by atoms with E-state index < -0.39 is 17.9 Å². The summed E-state index contributed by atoms with van der Waals surface area (Å²) >= 11 is 8.49. The third-order valence-corrected chi connectivity index (χ3v) is 5.31. The van der Waals surface area contributed by atoms with E-state index in [9.17, 15) is 9.59 Å². The van der Waals surface area contributed by atoms with E-state index in [1.54, 1.807) is 31.2 Å². The second kappa shape index (κ2) is 11.1. The Hall–Kier alpha value is -3.17. The Morgan fingerprint density at radius 2 is 1.64 bits per heavy atom. The third kappa shape index (κ3) is 6.90. The highest BCUT2D eigenvalue weighted by Gasteiger charge is 2.16. The van der Waals surface area contributed by atoms with Gasteiger partial charge in [-0.25, -0.2) is 0 Å². The SMILES string of the molecule is CC(C)Oc1ccc(C(=O)NC(=S)NNC(=O)C(C)Oc2ccc3ccccc3c2)cc1Br. The normalized spacial score (nSPS) is 11.5. The van der Waals surface area contributed by atoms with Crippen molar-refractivity contribution in [2.75, 3.05) is 0 Å². The summed E-state index contributed by atoms with van der Waals surface area (Å²) in [5.74, 6) is 0.328. The lowest BCUT2D eigenvalue weighted by atomic mass is 10.1. The number of ether oxygens (including phenoxy) is 2. The van der Waals surface area contributed by atoms with Crippen molar-refractivity contribution in [2.24, 2.45) is 0 Å². The number of rotatable bonds is 6. The standard InChI is InChI=1S/C24H24BrN3O4S/c1-14(2)31-21-11-9-18(13-20(21)25)23(30)26-24(33)28-27-22(29)15(3)32-19-10-8-16-6-4-5-7-17(16)12-19/h4-15H,1-3H3,(H,27,29)(H2,26,28,30,33). The number of benzene rings is 3. The number of amides is 2. The van der Waals surface area contributed by atoms with Gasteiger partial charge >= 0.3 is 0 Å². The fraction of sp³-hybridized carbons (Fsp3) is 0.208. The van der Waals surface area contributed by atoms with E-state index in [0.29, 0.717) is 21.5 Å². The largest absolute Gasteiger partial charge is 0.490 e. The number of hydrogen-bond acceptors (Lipinski definition) is 5. The average molecular weight is 530 g/mol. The van der Waals surface area contributed by atoms with Crippen molar-refractivity contribution in [2.45, 2.75) is 33.0 Å². The number of halogens is 1. The zero-order valence-corrected chi connectivity index (χ0v) is 20.7. The Morgan fingerprint density at radius 1 is 0.909 bits per heavy atom. The molecule has 0 aromatic heterocycles. The van der Waals surface area contributed by atoms with E-state index in [4.69, 9.17) is 21.7 Å². The maximum absolute atomic E-state index is 12.4. The number of hydrogen-bond donors (Lipinski definition) is 3. The Balaban J connectivity index is 1.49. The first-order valence-corrected chi connectivity index (χ1v) is 11.5. The minimum absolute atomic E-state index is 0.00831. The zero-order valence-electron chi connectivity index (χ0n) is 18.3. The van der Waals surface area contributed by atoms with Crippen molar-refractivity contribution < 1.29 is 19.1 Å². The van der Waals surface area contributed by atoms with Crippen molar-refractivity contribution in [1.82, 2.24) is 16.2 Å². The molecule has 33 heavy (non-hydrogen) atoms. The highest BCUT2D eigenvalue weighted by molar-refractivity contribution is 9.10. The summed E-state index contributed by atoms with van der Waals surface area (Å²) in [4.78, 5) is 24.8. The smallest absolute Gasteiger partial charge is 0.279 e. The molecule has 172 valence electrons. The molecule has 1 unspecified atom stereocenters. The van der Waals surface area contributed by atoms with Gasteiger partial charge in [-0.05, 0) is 90.0 Å². The fourth-order valence-corrected chi connectivity index (χ4v) is 3.53. The van der Waals surface area contributed by atoms with E-state index in [0.717, 1.165) is 10.8 Å². The summed E-state index contributed by atoms with van der Waals surface area (Å²) in [5.41, 5.74) is 5.33. The lowest BCUT2D eigenvalue weighted by Gasteiger charge is -2.17. The number of thiocarbonyl (C=S) groups is 1. The fourth-order valence-electron chi connectivity index (χ4n) is 2.92. The van der Waals surface area contributed by atoms with Gasteiger partial charge in [0.05, 0.1) is 10.6 Å². The van der Waals surface area contributed by atoms with Crippen LogP contribution >= 0.6 is 28.1 Å². The number of fused-ring (bicyclic) bond motifs is 1. The molecule has 3 N–H and O–H groups in total. The topological polar surface area (TPSA) is 88.7 Å². The maximum Gasteiger partial charge on any atom is 0.279 e. The molecule has 3 aromatic carbocycles. The molecule has 0 fully saturated rings. The first-order chi connectivity index (χ1) is 15.7. The van der Waals surface area contributed by atoms with E-state index in [2.05, 4.69) is 32.1 Å². The minimum atomic E-state index is -0.790. The molecule has 0 saturated heterocycles. The molecule has 1 atom stereocenters. The number of nitrogens with one attached hydrogen (secondary N) is 3. The van der Waals surface area contributed by atoms with Crippen molar-refractivity contribution in [3.05, 3.63) is 70.7 Å². The zero-order chi connectivity index (χ0) is 24.0.